The molecule has 1 spiro atoms. The normalized spacial score (nSPS) is 27.6. The summed E-state index contributed by atoms with van der Waals surface area (Å²) in [6, 6.07) is -0.613. The van der Waals surface area contributed by atoms with E-state index in [0.717, 1.165) is 56.3 Å². The molecule has 0 aromatic heterocycles. The molecule has 0 aromatic rings. The summed E-state index contributed by atoms with van der Waals surface area (Å²) in [7, 11) is 0. The fourth-order valence-electron chi connectivity index (χ4n) is 4.60. The van der Waals surface area contributed by atoms with Crippen molar-refractivity contribution >= 4 is 29.7 Å². The van der Waals surface area contributed by atoms with Gasteiger partial charge in [0.1, 0.15) is 12.1 Å². The minimum absolute atomic E-state index is 0.00898. The molecule has 2 aliphatic carbocycles. The molecule has 3 fully saturated rings. The van der Waals surface area contributed by atoms with Gasteiger partial charge in [0, 0.05) is 5.92 Å². The van der Waals surface area contributed by atoms with Gasteiger partial charge in [-0.15, -0.1) is 0 Å². The lowest BCUT2D eigenvalue weighted by Gasteiger charge is -2.36. The summed E-state index contributed by atoms with van der Waals surface area (Å²) in [5.41, 5.74) is -0.945. The number of nitrogens with zero attached hydrogens (tertiary/aromatic N) is 1. The maximum Gasteiger partial charge on any atom is 0.326 e. The SMILES string of the molecule is CC1CCCCC12NC(=O)N(CC(=O)OCC(=O)NC(=O)C1CCCCC1)C2=O. The van der Waals surface area contributed by atoms with Crippen molar-refractivity contribution in [3.8, 4) is 0 Å². The van der Waals surface area contributed by atoms with E-state index in [9.17, 15) is 24.0 Å². The van der Waals surface area contributed by atoms with Crippen LogP contribution in [0.4, 0.5) is 4.79 Å². The molecule has 3 aliphatic rings. The number of carbonyl (C=O) groups excluding carboxylic acids is 5. The van der Waals surface area contributed by atoms with E-state index in [-0.39, 0.29) is 17.7 Å². The Balaban J connectivity index is 1.46. The second-order valence-corrected chi connectivity index (χ2v) is 8.35. The summed E-state index contributed by atoms with van der Waals surface area (Å²) >= 11 is 0. The van der Waals surface area contributed by atoms with Crippen molar-refractivity contribution in [2.75, 3.05) is 13.2 Å². The van der Waals surface area contributed by atoms with Crippen LogP contribution >= 0.6 is 0 Å². The third kappa shape index (κ3) is 4.59. The van der Waals surface area contributed by atoms with Gasteiger partial charge in [0.05, 0.1) is 0 Å². The Morgan fingerprint density at radius 1 is 1.10 bits per heavy atom. The van der Waals surface area contributed by atoms with Crippen molar-refractivity contribution in [2.24, 2.45) is 11.8 Å². The van der Waals surface area contributed by atoms with Gasteiger partial charge in [-0.1, -0.05) is 39.0 Å². The predicted octanol–water partition coefficient (Wildman–Crippen LogP) is 1.25. The number of hydrogen-bond acceptors (Lipinski definition) is 6. The summed E-state index contributed by atoms with van der Waals surface area (Å²) in [6.07, 6.45) is 7.76. The van der Waals surface area contributed by atoms with E-state index in [2.05, 4.69) is 10.6 Å². The maximum absolute atomic E-state index is 12.8. The highest BCUT2D eigenvalue weighted by molar-refractivity contribution is 6.09. The molecular weight excluding hydrogens is 378 g/mol. The van der Waals surface area contributed by atoms with Gasteiger partial charge in [0.15, 0.2) is 6.61 Å². The van der Waals surface area contributed by atoms with Crippen molar-refractivity contribution < 1.29 is 28.7 Å². The molecule has 3 rings (SSSR count). The first-order valence-electron chi connectivity index (χ1n) is 10.5. The lowest BCUT2D eigenvalue weighted by atomic mass is 9.73. The first-order chi connectivity index (χ1) is 13.8. The summed E-state index contributed by atoms with van der Waals surface area (Å²) in [6.45, 7) is 0.748. The molecule has 2 N–H and O–H groups in total. The molecule has 9 heteroatoms. The molecule has 5 amide bonds. The third-order valence-electron chi connectivity index (χ3n) is 6.39. The van der Waals surface area contributed by atoms with Crippen molar-refractivity contribution in [1.29, 1.82) is 0 Å². The van der Waals surface area contributed by atoms with Gasteiger partial charge in [-0.05, 0) is 31.6 Å². The molecular formula is C20H29N3O6. The standard InChI is InChI=1S/C20H29N3O6/c1-13-7-5-6-10-20(13)18(27)23(19(28)22-20)11-16(25)29-12-15(24)21-17(26)14-8-3-2-4-9-14/h13-14H,2-12H2,1H3,(H,22,28)(H,21,24,26). The highest BCUT2D eigenvalue weighted by Gasteiger charge is 2.55. The fraction of sp³-hybridized carbons (Fsp3) is 0.750. The van der Waals surface area contributed by atoms with Crippen molar-refractivity contribution in [3.63, 3.8) is 0 Å². The molecule has 2 saturated carbocycles. The van der Waals surface area contributed by atoms with Gasteiger partial charge < -0.3 is 10.1 Å². The fourth-order valence-corrected chi connectivity index (χ4v) is 4.60. The van der Waals surface area contributed by atoms with Crippen molar-refractivity contribution in [3.05, 3.63) is 0 Å². The quantitative estimate of drug-likeness (QED) is 0.523. The Labute approximate surface area is 169 Å². The zero-order chi connectivity index (χ0) is 21.0. The number of rotatable bonds is 5. The first-order valence-corrected chi connectivity index (χ1v) is 10.5. The van der Waals surface area contributed by atoms with Gasteiger partial charge in [0.25, 0.3) is 11.8 Å². The number of carbonyl (C=O) groups is 5. The molecule has 0 bridgehead atoms. The first kappa shape index (κ1) is 21.3. The summed E-state index contributed by atoms with van der Waals surface area (Å²) < 4.78 is 4.88. The Morgan fingerprint density at radius 2 is 1.79 bits per heavy atom. The van der Waals surface area contributed by atoms with Crippen LogP contribution in [0.25, 0.3) is 0 Å². The van der Waals surface area contributed by atoms with Crippen LogP contribution < -0.4 is 10.6 Å². The van der Waals surface area contributed by atoms with Gasteiger partial charge in [-0.25, -0.2) is 4.79 Å². The van der Waals surface area contributed by atoms with Crippen LogP contribution in [-0.2, 0) is 23.9 Å². The van der Waals surface area contributed by atoms with Crippen LogP contribution in [0.3, 0.4) is 0 Å². The lowest BCUT2D eigenvalue weighted by molar-refractivity contribution is -0.152. The highest BCUT2D eigenvalue weighted by atomic mass is 16.5. The number of esters is 1. The van der Waals surface area contributed by atoms with E-state index in [1.165, 1.54) is 0 Å². The molecule has 1 aliphatic heterocycles. The summed E-state index contributed by atoms with van der Waals surface area (Å²) in [5.74, 6) is -2.51. The monoisotopic (exact) mass is 407 g/mol. The van der Waals surface area contributed by atoms with Crippen LogP contribution in [0.15, 0.2) is 0 Å². The molecule has 1 saturated heterocycles. The van der Waals surface area contributed by atoms with Crippen LogP contribution in [0.2, 0.25) is 0 Å². The Bertz CT molecular complexity index is 702. The van der Waals surface area contributed by atoms with E-state index in [0.29, 0.717) is 6.42 Å². The maximum atomic E-state index is 12.8. The number of hydrogen-bond donors (Lipinski definition) is 2. The number of ether oxygens (including phenoxy) is 1. The molecule has 9 nitrogen and oxygen atoms in total. The molecule has 0 aromatic carbocycles. The minimum Gasteiger partial charge on any atom is -0.454 e. The van der Waals surface area contributed by atoms with Crippen LogP contribution in [0.5, 0.6) is 0 Å². The number of imide groups is 2. The Kier molecular flexibility index (Phi) is 6.54. The summed E-state index contributed by atoms with van der Waals surface area (Å²) in [5, 5.41) is 5.01. The second kappa shape index (κ2) is 8.92. The number of urea groups is 1. The zero-order valence-corrected chi connectivity index (χ0v) is 16.8. The van der Waals surface area contributed by atoms with Crippen LogP contribution in [0.1, 0.15) is 64.7 Å². The van der Waals surface area contributed by atoms with Gasteiger partial charge >= 0.3 is 12.0 Å². The zero-order valence-electron chi connectivity index (χ0n) is 16.8. The second-order valence-electron chi connectivity index (χ2n) is 8.35. The molecule has 0 radical (unpaired) electrons. The van der Waals surface area contributed by atoms with Crippen LogP contribution in [0, 0.1) is 11.8 Å². The molecule has 29 heavy (non-hydrogen) atoms. The average molecular weight is 407 g/mol. The summed E-state index contributed by atoms with van der Waals surface area (Å²) in [4.78, 5) is 61.9. The van der Waals surface area contributed by atoms with Crippen molar-refractivity contribution in [1.82, 2.24) is 15.5 Å². The smallest absolute Gasteiger partial charge is 0.326 e. The number of amides is 5. The van der Waals surface area contributed by atoms with E-state index < -0.39 is 42.5 Å². The van der Waals surface area contributed by atoms with E-state index >= 15 is 0 Å². The molecule has 2 atom stereocenters. The minimum atomic E-state index is -0.945. The highest BCUT2D eigenvalue weighted by Crippen LogP contribution is 2.38. The van der Waals surface area contributed by atoms with E-state index in [1.54, 1.807) is 0 Å². The van der Waals surface area contributed by atoms with Crippen molar-refractivity contribution in [2.45, 2.75) is 70.3 Å². The number of nitrogens with one attached hydrogen (secondary N) is 2. The predicted molar refractivity (Wildman–Crippen MR) is 101 cm³/mol. The molecule has 2 unspecified atom stereocenters. The Morgan fingerprint density at radius 3 is 2.48 bits per heavy atom. The molecule has 160 valence electrons. The Hall–Kier alpha value is -2.45. The van der Waals surface area contributed by atoms with Gasteiger partial charge in [-0.2, -0.15) is 0 Å². The average Bonchev–Trinajstić information content (AvgIpc) is 2.94. The molecule has 1 heterocycles. The van der Waals surface area contributed by atoms with Gasteiger partial charge in [-0.3, -0.25) is 29.4 Å². The topological polar surface area (TPSA) is 122 Å². The van der Waals surface area contributed by atoms with Gasteiger partial charge in [0.2, 0.25) is 5.91 Å². The lowest BCUT2D eigenvalue weighted by Crippen LogP contribution is -2.54. The van der Waals surface area contributed by atoms with E-state index in [1.807, 2.05) is 6.92 Å². The third-order valence-corrected chi connectivity index (χ3v) is 6.39. The van der Waals surface area contributed by atoms with Crippen LogP contribution in [-0.4, -0.2) is 53.3 Å². The van der Waals surface area contributed by atoms with E-state index in [4.69, 9.17) is 4.74 Å². The largest absolute Gasteiger partial charge is 0.454 e.